The van der Waals surface area contributed by atoms with Gasteiger partial charge in [0.25, 0.3) is 0 Å². The highest BCUT2D eigenvalue weighted by Crippen LogP contribution is 2.06. The Morgan fingerprint density at radius 3 is 2.45 bits per heavy atom. The van der Waals surface area contributed by atoms with E-state index < -0.39 is 11.7 Å². The highest BCUT2D eigenvalue weighted by molar-refractivity contribution is 5.70. The first-order valence-corrected chi connectivity index (χ1v) is 7.05. The number of nitrogens with one attached hydrogen (secondary N) is 1. The summed E-state index contributed by atoms with van der Waals surface area (Å²) in [5.41, 5.74) is -0.467. The molecule has 0 aromatic heterocycles. The van der Waals surface area contributed by atoms with Crippen LogP contribution in [-0.4, -0.2) is 44.0 Å². The number of unbranched alkanes of at least 4 members (excludes halogenated alkanes) is 2. The molecular formula is C14H29NO5. The Morgan fingerprint density at radius 2 is 1.85 bits per heavy atom. The van der Waals surface area contributed by atoms with E-state index in [2.05, 4.69) is 5.32 Å². The van der Waals surface area contributed by atoms with Crippen LogP contribution in [0.25, 0.3) is 0 Å². The van der Waals surface area contributed by atoms with Gasteiger partial charge in [0.1, 0.15) is 12.2 Å². The van der Waals surface area contributed by atoms with E-state index in [4.69, 9.17) is 14.2 Å². The normalized spacial score (nSPS) is 11.0. The van der Waals surface area contributed by atoms with Crippen molar-refractivity contribution in [3.8, 4) is 0 Å². The standard InChI is InChI=1S/C14H27NO5.H2/c1-5-19-12(16)11-18-10-8-6-7-9-15-13(17)20-14(2,3)4;/h5-11H2,1-4H3,(H,15,17);1H. The molecule has 0 fully saturated rings. The summed E-state index contributed by atoms with van der Waals surface area (Å²) in [5.74, 6) is -0.334. The van der Waals surface area contributed by atoms with Gasteiger partial charge in [0.2, 0.25) is 0 Å². The van der Waals surface area contributed by atoms with Crippen LogP contribution < -0.4 is 5.32 Å². The Morgan fingerprint density at radius 1 is 1.15 bits per heavy atom. The number of amides is 1. The lowest BCUT2D eigenvalue weighted by Crippen LogP contribution is -2.33. The number of carbonyl (C=O) groups excluding carboxylic acids is 2. The average molecular weight is 291 g/mol. The maximum absolute atomic E-state index is 11.3. The van der Waals surface area contributed by atoms with Gasteiger partial charge in [-0.15, -0.1) is 0 Å². The zero-order chi connectivity index (χ0) is 15.4. The average Bonchev–Trinajstić information content (AvgIpc) is 2.30. The van der Waals surface area contributed by atoms with Crippen molar-refractivity contribution in [1.29, 1.82) is 0 Å². The fraction of sp³-hybridized carbons (Fsp3) is 0.857. The Hall–Kier alpha value is -1.30. The Labute approximate surface area is 122 Å². The number of hydrogen-bond acceptors (Lipinski definition) is 5. The number of ether oxygens (including phenoxy) is 3. The molecule has 0 aliphatic carbocycles. The molecule has 0 radical (unpaired) electrons. The SMILES string of the molecule is CCOC(=O)COCCCCCNC(=O)OC(C)(C)C.[HH]. The second-order valence-corrected chi connectivity index (χ2v) is 5.35. The molecule has 6 heteroatoms. The van der Waals surface area contributed by atoms with Crippen LogP contribution in [-0.2, 0) is 19.0 Å². The number of hydrogen-bond donors (Lipinski definition) is 1. The molecule has 0 aliphatic heterocycles. The van der Waals surface area contributed by atoms with Crippen molar-refractivity contribution in [2.45, 2.75) is 52.6 Å². The number of alkyl carbamates (subject to hydrolysis) is 1. The van der Waals surface area contributed by atoms with Crippen LogP contribution in [0.1, 0.15) is 48.4 Å². The zero-order valence-electron chi connectivity index (χ0n) is 13.0. The number of carbonyl (C=O) groups is 2. The van der Waals surface area contributed by atoms with Gasteiger partial charge in [0.15, 0.2) is 0 Å². The molecule has 0 atom stereocenters. The van der Waals surface area contributed by atoms with Crippen molar-refractivity contribution in [2.75, 3.05) is 26.4 Å². The molecular weight excluding hydrogens is 262 g/mol. The molecule has 6 nitrogen and oxygen atoms in total. The van der Waals surface area contributed by atoms with Gasteiger partial charge in [-0.05, 0) is 47.0 Å². The zero-order valence-corrected chi connectivity index (χ0v) is 13.0. The summed E-state index contributed by atoms with van der Waals surface area (Å²) in [4.78, 5) is 22.3. The molecule has 0 saturated carbocycles. The highest BCUT2D eigenvalue weighted by Gasteiger charge is 2.15. The molecule has 0 aromatic carbocycles. The predicted molar refractivity (Wildman–Crippen MR) is 77.7 cm³/mol. The van der Waals surface area contributed by atoms with Crippen LogP contribution in [0.3, 0.4) is 0 Å². The van der Waals surface area contributed by atoms with E-state index in [9.17, 15) is 9.59 Å². The first kappa shape index (κ1) is 18.7. The molecule has 0 aliphatic rings. The molecule has 0 heterocycles. The monoisotopic (exact) mass is 291 g/mol. The van der Waals surface area contributed by atoms with Crippen LogP contribution in [0, 0.1) is 0 Å². The van der Waals surface area contributed by atoms with E-state index in [0.29, 0.717) is 19.8 Å². The fourth-order valence-electron chi connectivity index (χ4n) is 1.37. The highest BCUT2D eigenvalue weighted by atomic mass is 16.6. The minimum Gasteiger partial charge on any atom is -0.464 e. The van der Waals surface area contributed by atoms with Crippen LogP contribution in [0.5, 0.6) is 0 Å². The second-order valence-electron chi connectivity index (χ2n) is 5.35. The molecule has 120 valence electrons. The smallest absolute Gasteiger partial charge is 0.407 e. The Bertz CT molecular complexity index is 292. The second kappa shape index (κ2) is 10.5. The van der Waals surface area contributed by atoms with E-state index in [1.54, 1.807) is 6.92 Å². The van der Waals surface area contributed by atoms with Crippen molar-refractivity contribution in [2.24, 2.45) is 0 Å². The minimum absolute atomic E-state index is 0. The van der Waals surface area contributed by atoms with Crippen LogP contribution in [0.2, 0.25) is 0 Å². The van der Waals surface area contributed by atoms with Gasteiger partial charge in [-0.25, -0.2) is 9.59 Å². The van der Waals surface area contributed by atoms with E-state index in [1.807, 2.05) is 20.8 Å². The van der Waals surface area contributed by atoms with E-state index in [-0.39, 0.29) is 14.0 Å². The molecule has 0 saturated heterocycles. The first-order valence-electron chi connectivity index (χ1n) is 7.05. The largest absolute Gasteiger partial charge is 0.464 e. The van der Waals surface area contributed by atoms with Crippen molar-refractivity contribution in [1.82, 2.24) is 5.32 Å². The van der Waals surface area contributed by atoms with Gasteiger partial charge in [0, 0.05) is 14.6 Å². The van der Waals surface area contributed by atoms with Gasteiger partial charge in [-0.1, -0.05) is 0 Å². The quantitative estimate of drug-likeness (QED) is 0.522. The van der Waals surface area contributed by atoms with Gasteiger partial charge in [0.05, 0.1) is 6.61 Å². The Kier molecular flexibility index (Phi) is 9.80. The first-order chi connectivity index (χ1) is 9.35. The van der Waals surface area contributed by atoms with Gasteiger partial charge in [-0.3, -0.25) is 0 Å². The number of rotatable bonds is 9. The molecule has 0 rings (SSSR count). The third kappa shape index (κ3) is 13.1. The molecule has 1 amide bonds. The van der Waals surface area contributed by atoms with Crippen molar-refractivity contribution >= 4 is 12.1 Å². The summed E-state index contributed by atoms with van der Waals surface area (Å²) in [7, 11) is 0. The van der Waals surface area contributed by atoms with Crippen LogP contribution in [0.15, 0.2) is 0 Å². The van der Waals surface area contributed by atoms with Gasteiger partial charge < -0.3 is 19.5 Å². The summed E-state index contributed by atoms with van der Waals surface area (Å²) < 4.78 is 15.0. The molecule has 1 N–H and O–H groups in total. The molecule has 0 spiro atoms. The van der Waals surface area contributed by atoms with Crippen LogP contribution >= 0.6 is 0 Å². The van der Waals surface area contributed by atoms with Crippen molar-refractivity contribution in [3.05, 3.63) is 0 Å². The maximum Gasteiger partial charge on any atom is 0.407 e. The van der Waals surface area contributed by atoms with Gasteiger partial charge in [-0.2, -0.15) is 0 Å². The minimum atomic E-state index is -0.467. The third-order valence-corrected chi connectivity index (χ3v) is 2.16. The topological polar surface area (TPSA) is 73.9 Å². The Balaban J connectivity index is 0. The maximum atomic E-state index is 11.3. The summed E-state index contributed by atoms with van der Waals surface area (Å²) in [6.07, 6.45) is 2.21. The molecule has 0 unspecified atom stereocenters. The summed E-state index contributed by atoms with van der Waals surface area (Å²) in [5, 5.41) is 2.69. The lowest BCUT2D eigenvalue weighted by atomic mass is 10.2. The lowest BCUT2D eigenvalue weighted by Gasteiger charge is -2.19. The predicted octanol–water partition coefficient (Wildman–Crippen LogP) is 2.51. The molecule has 20 heavy (non-hydrogen) atoms. The van der Waals surface area contributed by atoms with E-state index >= 15 is 0 Å². The molecule has 0 bridgehead atoms. The van der Waals surface area contributed by atoms with Crippen molar-refractivity contribution in [3.63, 3.8) is 0 Å². The van der Waals surface area contributed by atoms with E-state index in [0.717, 1.165) is 19.3 Å². The fourth-order valence-corrected chi connectivity index (χ4v) is 1.37. The number of esters is 1. The van der Waals surface area contributed by atoms with Crippen molar-refractivity contribution < 1.29 is 25.2 Å². The third-order valence-electron chi connectivity index (χ3n) is 2.16. The summed E-state index contributed by atoms with van der Waals surface area (Å²) >= 11 is 0. The van der Waals surface area contributed by atoms with E-state index in [1.165, 1.54) is 0 Å². The van der Waals surface area contributed by atoms with Crippen LogP contribution in [0.4, 0.5) is 4.79 Å². The lowest BCUT2D eigenvalue weighted by molar-refractivity contribution is -0.148. The van der Waals surface area contributed by atoms with Gasteiger partial charge >= 0.3 is 12.1 Å². The summed E-state index contributed by atoms with van der Waals surface area (Å²) in [6, 6.07) is 0. The molecule has 0 aromatic rings. The summed E-state index contributed by atoms with van der Waals surface area (Å²) in [6.45, 7) is 8.71.